The number of aromatic nitrogens is 2. The van der Waals surface area contributed by atoms with Crippen LogP contribution in [0.5, 0.6) is 0 Å². The average molecular weight is 321 g/mol. The first-order valence-corrected chi connectivity index (χ1v) is 8.26. The molecule has 0 saturated heterocycles. The van der Waals surface area contributed by atoms with Crippen molar-refractivity contribution in [1.82, 2.24) is 14.5 Å². The number of aryl methyl sites for hydroxylation is 1. The number of rotatable bonds is 3. The summed E-state index contributed by atoms with van der Waals surface area (Å²) >= 11 is 0. The van der Waals surface area contributed by atoms with Crippen molar-refractivity contribution in [3.8, 4) is 0 Å². The maximum Gasteiger partial charge on any atom is 0.268 e. The van der Waals surface area contributed by atoms with E-state index in [1.807, 2.05) is 20.8 Å². The maximum absolute atomic E-state index is 12.4. The van der Waals surface area contributed by atoms with Gasteiger partial charge in [-0.15, -0.1) is 0 Å². The molecule has 0 unspecified atom stereocenters. The summed E-state index contributed by atoms with van der Waals surface area (Å²) in [6.45, 7) is 5.74. The molecule has 0 aliphatic rings. The summed E-state index contributed by atoms with van der Waals surface area (Å²) < 4.78 is 28.0. The molecule has 0 atom stereocenters. The van der Waals surface area contributed by atoms with Crippen LogP contribution in [0.25, 0.3) is 0 Å². The molecular weight excluding hydrogens is 302 g/mol. The van der Waals surface area contributed by atoms with Gasteiger partial charge in [0, 0.05) is 18.7 Å². The third-order valence-corrected chi connectivity index (χ3v) is 4.41. The van der Waals surface area contributed by atoms with Gasteiger partial charge >= 0.3 is 0 Å². The highest BCUT2D eigenvalue weighted by Gasteiger charge is 2.28. The SMILES string of the molecule is Cn1cc(C(=O)NS(=O)(=O)c2ccccc2)c(C(C)(C)C)n1. The van der Waals surface area contributed by atoms with Gasteiger partial charge in [-0.05, 0) is 12.1 Å². The van der Waals surface area contributed by atoms with Gasteiger partial charge in [0.15, 0.2) is 0 Å². The van der Waals surface area contributed by atoms with Crippen molar-refractivity contribution >= 4 is 15.9 Å². The lowest BCUT2D eigenvalue weighted by molar-refractivity contribution is 0.0979. The number of benzene rings is 1. The van der Waals surface area contributed by atoms with Crippen molar-refractivity contribution in [3.63, 3.8) is 0 Å². The van der Waals surface area contributed by atoms with E-state index in [1.54, 1.807) is 25.2 Å². The highest BCUT2D eigenvalue weighted by molar-refractivity contribution is 7.90. The molecule has 22 heavy (non-hydrogen) atoms. The topological polar surface area (TPSA) is 81.1 Å². The quantitative estimate of drug-likeness (QED) is 0.935. The summed E-state index contributed by atoms with van der Waals surface area (Å²) in [6, 6.07) is 7.78. The summed E-state index contributed by atoms with van der Waals surface area (Å²) in [4.78, 5) is 12.4. The Morgan fingerprint density at radius 1 is 1.18 bits per heavy atom. The Bertz CT molecular complexity index is 787. The molecule has 0 bridgehead atoms. The van der Waals surface area contributed by atoms with Crippen molar-refractivity contribution in [3.05, 3.63) is 47.8 Å². The fourth-order valence-electron chi connectivity index (χ4n) is 2.04. The predicted octanol–water partition coefficient (Wildman–Crippen LogP) is 1.84. The minimum Gasteiger partial charge on any atom is -0.275 e. The van der Waals surface area contributed by atoms with Crippen LogP contribution >= 0.6 is 0 Å². The van der Waals surface area contributed by atoms with E-state index < -0.39 is 15.9 Å². The van der Waals surface area contributed by atoms with Crippen LogP contribution in [0.1, 0.15) is 36.8 Å². The van der Waals surface area contributed by atoms with Gasteiger partial charge in [0.1, 0.15) is 0 Å². The Labute approximate surface area is 130 Å². The summed E-state index contributed by atoms with van der Waals surface area (Å²) in [7, 11) is -2.21. The van der Waals surface area contributed by atoms with Gasteiger partial charge in [-0.25, -0.2) is 13.1 Å². The fraction of sp³-hybridized carbons (Fsp3) is 0.333. The Balaban J connectivity index is 2.35. The summed E-state index contributed by atoms with van der Waals surface area (Å²) in [6.07, 6.45) is 1.52. The van der Waals surface area contributed by atoms with Crippen molar-refractivity contribution in [2.75, 3.05) is 0 Å². The third kappa shape index (κ3) is 3.36. The second kappa shape index (κ2) is 5.57. The van der Waals surface area contributed by atoms with E-state index in [2.05, 4.69) is 9.82 Å². The smallest absolute Gasteiger partial charge is 0.268 e. The van der Waals surface area contributed by atoms with E-state index in [-0.39, 0.29) is 15.9 Å². The van der Waals surface area contributed by atoms with Crippen LogP contribution < -0.4 is 4.72 Å². The number of nitrogens with one attached hydrogen (secondary N) is 1. The van der Waals surface area contributed by atoms with Crippen molar-refractivity contribution < 1.29 is 13.2 Å². The molecule has 1 aromatic heterocycles. The van der Waals surface area contributed by atoms with Crippen molar-refractivity contribution in [2.45, 2.75) is 31.1 Å². The molecule has 2 aromatic rings. The normalized spacial score (nSPS) is 12.2. The van der Waals surface area contributed by atoms with E-state index in [4.69, 9.17) is 0 Å². The molecule has 0 saturated carbocycles. The van der Waals surface area contributed by atoms with Crippen molar-refractivity contribution in [1.29, 1.82) is 0 Å². The lowest BCUT2D eigenvalue weighted by atomic mass is 9.89. The number of hydrogen-bond donors (Lipinski definition) is 1. The van der Waals surface area contributed by atoms with Crippen LogP contribution in [-0.2, 0) is 22.5 Å². The van der Waals surface area contributed by atoms with E-state index in [9.17, 15) is 13.2 Å². The number of sulfonamides is 1. The van der Waals surface area contributed by atoms with E-state index in [1.165, 1.54) is 23.0 Å². The molecule has 6 nitrogen and oxygen atoms in total. The second-order valence-corrected chi connectivity index (χ2v) is 7.75. The monoisotopic (exact) mass is 321 g/mol. The first kappa shape index (κ1) is 16.2. The Morgan fingerprint density at radius 3 is 2.32 bits per heavy atom. The fourth-order valence-corrected chi connectivity index (χ4v) is 3.03. The summed E-state index contributed by atoms with van der Waals surface area (Å²) in [5.74, 6) is -0.679. The maximum atomic E-state index is 12.4. The Hall–Kier alpha value is -2.15. The standard InChI is InChI=1S/C15H19N3O3S/c1-15(2,3)13-12(10-18(4)16-13)14(19)17-22(20,21)11-8-6-5-7-9-11/h5-10H,1-4H3,(H,17,19). The minimum absolute atomic E-state index is 0.0459. The van der Waals surface area contributed by atoms with Gasteiger partial charge in [0.25, 0.3) is 15.9 Å². The molecular formula is C15H19N3O3S. The molecule has 1 N–H and O–H groups in total. The van der Waals surface area contributed by atoms with Crippen LogP contribution in [0.15, 0.2) is 41.4 Å². The molecule has 118 valence electrons. The molecule has 1 amide bonds. The second-order valence-electron chi connectivity index (χ2n) is 6.06. The summed E-state index contributed by atoms with van der Waals surface area (Å²) in [5.41, 5.74) is 0.440. The zero-order valence-corrected chi connectivity index (χ0v) is 13.8. The first-order valence-electron chi connectivity index (χ1n) is 6.77. The minimum atomic E-state index is -3.90. The van der Waals surface area contributed by atoms with Crippen LogP contribution in [0, 0.1) is 0 Å². The van der Waals surface area contributed by atoms with Gasteiger partial charge in [-0.2, -0.15) is 5.10 Å². The zero-order chi connectivity index (χ0) is 16.5. The molecule has 0 radical (unpaired) electrons. The number of carbonyl (C=O) groups excluding carboxylic acids is 1. The van der Waals surface area contributed by atoms with Crippen LogP contribution in [0.3, 0.4) is 0 Å². The molecule has 0 spiro atoms. The van der Waals surface area contributed by atoms with Crippen LogP contribution in [-0.4, -0.2) is 24.1 Å². The molecule has 7 heteroatoms. The van der Waals surface area contributed by atoms with E-state index in [0.717, 1.165) is 0 Å². The van der Waals surface area contributed by atoms with Gasteiger partial charge in [0.2, 0.25) is 0 Å². The van der Waals surface area contributed by atoms with Gasteiger partial charge in [0.05, 0.1) is 16.2 Å². The Kier molecular flexibility index (Phi) is 4.10. The van der Waals surface area contributed by atoms with Crippen molar-refractivity contribution in [2.24, 2.45) is 7.05 Å². The van der Waals surface area contributed by atoms with Gasteiger partial charge < -0.3 is 0 Å². The average Bonchev–Trinajstić information content (AvgIpc) is 2.82. The summed E-state index contributed by atoms with van der Waals surface area (Å²) in [5, 5.41) is 4.27. The molecule has 1 aromatic carbocycles. The third-order valence-electron chi connectivity index (χ3n) is 3.06. The predicted molar refractivity (Wildman–Crippen MR) is 83.0 cm³/mol. The lowest BCUT2D eigenvalue weighted by Gasteiger charge is -2.17. The molecule has 1 heterocycles. The number of hydrogen-bond acceptors (Lipinski definition) is 4. The lowest BCUT2D eigenvalue weighted by Crippen LogP contribution is -2.32. The number of amides is 1. The van der Waals surface area contributed by atoms with E-state index in [0.29, 0.717) is 5.69 Å². The van der Waals surface area contributed by atoms with Gasteiger partial charge in [-0.1, -0.05) is 39.0 Å². The van der Waals surface area contributed by atoms with Gasteiger partial charge in [-0.3, -0.25) is 9.48 Å². The van der Waals surface area contributed by atoms with Crippen LogP contribution in [0.4, 0.5) is 0 Å². The molecule has 0 aliphatic carbocycles. The molecule has 0 aliphatic heterocycles. The number of carbonyl (C=O) groups is 1. The first-order chi connectivity index (χ1) is 10.1. The number of nitrogens with zero attached hydrogens (tertiary/aromatic N) is 2. The highest BCUT2D eigenvalue weighted by Crippen LogP contribution is 2.24. The van der Waals surface area contributed by atoms with E-state index >= 15 is 0 Å². The molecule has 0 fully saturated rings. The Morgan fingerprint density at radius 2 is 1.77 bits per heavy atom. The zero-order valence-electron chi connectivity index (χ0n) is 13.0. The largest absolute Gasteiger partial charge is 0.275 e. The van der Waals surface area contributed by atoms with Crippen LogP contribution in [0.2, 0.25) is 0 Å². The molecule has 2 rings (SSSR count). The highest BCUT2D eigenvalue weighted by atomic mass is 32.2.